The van der Waals surface area contributed by atoms with Crippen LogP contribution in [0.25, 0.3) is 0 Å². The molecule has 1 aromatic rings. The van der Waals surface area contributed by atoms with Gasteiger partial charge in [0.1, 0.15) is 0 Å². The molecule has 0 aliphatic rings. The highest BCUT2D eigenvalue weighted by molar-refractivity contribution is 5.45. The SMILES string of the molecule is CCCCCCCCCCCCCCCCc1ccc(N)c(C(CO)CO)n1. The maximum atomic E-state index is 9.35. The Bertz CT molecular complexity index is 489. The molecule has 4 heteroatoms. The van der Waals surface area contributed by atoms with Gasteiger partial charge >= 0.3 is 0 Å². The number of nitrogens with two attached hydrogens (primary N) is 1. The molecule has 0 unspecified atom stereocenters. The number of anilines is 1. The molecular weight excluding hydrogens is 348 g/mol. The van der Waals surface area contributed by atoms with Crippen molar-refractivity contribution in [3.63, 3.8) is 0 Å². The van der Waals surface area contributed by atoms with Crippen molar-refractivity contribution in [1.29, 1.82) is 0 Å². The number of rotatable bonds is 18. The average Bonchev–Trinajstić information content (AvgIpc) is 2.71. The van der Waals surface area contributed by atoms with Crippen molar-refractivity contribution >= 4 is 5.69 Å². The van der Waals surface area contributed by atoms with Crippen LogP contribution >= 0.6 is 0 Å². The molecule has 0 aliphatic heterocycles. The lowest BCUT2D eigenvalue weighted by Gasteiger charge is -2.14. The van der Waals surface area contributed by atoms with Gasteiger partial charge in [0.05, 0.1) is 24.6 Å². The van der Waals surface area contributed by atoms with Gasteiger partial charge in [-0.25, -0.2) is 0 Å². The zero-order valence-corrected chi connectivity index (χ0v) is 18.2. The van der Waals surface area contributed by atoms with E-state index < -0.39 is 0 Å². The van der Waals surface area contributed by atoms with Crippen LogP contribution in [0, 0.1) is 0 Å². The molecule has 0 saturated carbocycles. The van der Waals surface area contributed by atoms with Crippen molar-refractivity contribution in [2.75, 3.05) is 18.9 Å². The minimum Gasteiger partial charge on any atom is -0.397 e. The van der Waals surface area contributed by atoms with Crippen molar-refractivity contribution in [2.45, 2.75) is 109 Å². The Balaban J connectivity index is 2.02. The van der Waals surface area contributed by atoms with E-state index in [0.717, 1.165) is 18.5 Å². The molecule has 0 aliphatic carbocycles. The molecular formula is C24H44N2O2. The number of aliphatic hydroxyl groups excluding tert-OH is 2. The largest absolute Gasteiger partial charge is 0.397 e. The summed E-state index contributed by atoms with van der Waals surface area (Å²) in [6, 6.07) is 3.81. The second kappa shape index (κ2) is 16.8. The molecule has 0 fully saturated rings. The molecule has 4 nitrogen and oxygen atoms in total. The minimum atomic E-state index is -0.378. The van der Waals surface area contributed by atoms with Gasteiger partial charge in [-0.15, -0.1) is 0 Å². The fourth-order valence-corrected chi connectivity index (χ4v) is 3.73. The van der Waals surface area contributed by atoms with Crippen LogP contribution in [0.1, 0.15) is 114 Å². The number of hydrogen-bond acceptors (Lipinski definition) is 4. The Labute approximate surface area is 173 Å². The molecule has 1 rings (SSSR count). The van der Waals surface area contributed by atoms with Crippen LogP contribution in [0.4, 0.5) is 5.69 Å². The zero-order valence-electron chi connectivity index (χ0n) is 18.2. The molecule has 1 aromatic heterocycles. The average molecular weight is 393 g/mol. The fraction of sp³-hybridized carbons (Fsp3) is 0.792. The molecule has 162 valence electrons. The normalized spacial score (nSPS) is 11.4. The first kappa shape index (κ1) is 24.9. The number of nitrogen functional groups attached to an aromatic ring is 1. The lowest BCUT2D eigenvalue weighted by Crippen LogP contribution is -2.14. The predicted octanol–water partition coefficient (Wildman–Crippen LogP) is 5.76. The van der Waals surface area contributed by atoms with Gasteiger partial charge < -0.3 is 15.9 Å². The Morgan fingerprint density at radius 1 is 0.750 bits per heavy atom. The van der Waals surface area contributed by atoms with E-state index in [1.54, 1.807) is 0 Å². The molecule has 0 spiro atoms. The quantitative estimate of drug-likeness (QED) is 0.278. The van der Waals surface area contributed by atoms with Crippen LogP contribution in [-0.2, 0) is 6.42 Å². The summed E-state index contributed by atoms with van der Waals surface area (Å²) in [4.78, 5) is 4.57. The number of aryl methyl sites for hydroxylation is 1. The fourth-order valence-electron chi connectivity index (χ4n) is 3.73. The third-order valence-electron chi connectivity index (χ3n) is 5.63. The molecule has 0 amide bonds. The summed E-state index contributed by atoms with van der Waals surface area (Å²) in [7, 11) is 0. The molecule has 0 aromatic carbocycles. The summed E-state index contributed by atoms with van der Waals surface area (Å²) in [6.45, 7) is 2.02. The maximum absolute atomic E-state index is 9.35. The smallest absolute Gasteiger partial charge is 0.0712 e. The highest BCUT2D eigenvalue weighted by Crippen LogP contribution is 2.21. The van der Waals surface area contributed by atoms with Crippen molar-refractivity contribution in [2.24, 2.45) is 0 Å². The number of aliphatic hydroxyl groups is 2. The highest BCUT2D eigenvalue weighted by Gasteiger charge is 2.14. The van der Waals surface area contributed by atoms with Crippen LogP contribution < -0.4 is 5.73 Å². The topological polar surface area (TPSA) is 79.4 Å². The van der Waals surface area contributed by atoms with E-state index in [0.29, 0.717) is 11.4 Å². The Hall–Kier alpha value is -1.13. The van der Waals surface area contributed by atoms with Crippen LogP contribution in [0.3, 0.4) is 0 Å². The Morgan fingerprint density at radius 2 is 1.21 bits per heavy atom. The summed E-state index contributed by atoms with van der Waals surface area (Å²) in [6.07, 6.45) is 20.0. The van der Waals surface area contributed by atoms with Gasteiger partial charge in [-0.3, -0.25) is 4.98 Å². The maximum Gasteiger partial charge on any atom is 0.0712 e. The summed E-state index contributed by atoms with van der Waals surface area (Å²) in [5.74, 6) is -0.378. The van der Waals surface area contributed by atoms with Crippen LogP contribution in [-0.4, -0.2) is 28.4 Å². The molecule has 0 radical (unpaired) electrons. The third-order valence-corrected chi connectivity index (χ3v) is 5.63. The first-order valence-electron chi connectivity index (χ1n) is 11.7. The first-order valence-corrected chi connectivity index (χ1v) is 11.7. The van der Waals surface area contributed by atoms with Crippen LogP contribution in [0.5, 0.6) is 0 Å². The van der Waals surface area contributed by atoms with Crippen LogP contribution in [0.2, 0.25) is 0 Å². The van der Waals surface area contributed by atoms with Gasteiger partial charge in [-0.1, -0.05) is 90.4 Å². The predicted molar refractivity (Wildman–Crippen MR) is 120 cm³/mol. The van der Waals surface area contributed by atoms with E-state index in [1.165, 1.54) is 83.5 Å². The first-order chi connectivity index (χ1) is 13.7. The van der Waals surface area contributed by atoms with Crippen molar-refractivity contribution in [3.05, 3.63) is 23.5 Å². The minimum absolute atomic E-state index is 0.129. The molecule has 0 atom stereocenters. The Morgan fingerprint density at radius 3 is 1.68 bits per heavy atom. The molecule has 28 heavy (non-hydrogen) atoms. The van der Waals surface area contributed by atoms with E-state index in [9.17, 15) is 10.2 Å². The van der Waals surface area contributed by atoms with E-state index in [-0.39, 0.29) is 19.1 Å². The molecule has 4 N–H and O–H groups in total. The lowest BCUT2D eigenvalue weighted by molar-refractivity contribution is 0.190. The van der Waals surface area contributed by atoms with Gasteiger partial charge in [0.2, 0.25) is 0 Å². The third kappa shape index (κ3) is 11.0. The molecule has 0 saturated heterocycles. The van der Waals surface area contributed by atoms with Gasteiger partial charge in [0.25, 0.3) is 0 Å². The molecule has 0 bridgehead atoms. The number of aromatic nitrogens is 1. The number of unbranched alkanes of at least 4 members (excludes halogenated alkanes) is 13. The van der Waals surface area contributed by atoms with Crippen molar-refractivity contribution in [3.8, 4) is 0 Å². The van der Waals surface area contributed by atoms with E-state index in [4.69, 9.17) is 5.73 Å². The second-order valence-electron chi connectivity index (χ2n) is 8.19. The van der Waals surface area contributed by atoms with Gasteiger partial charge in [0.15, 0.2) is 0 Å². The summed E-state index contributed by atoms with van der Waals surface area (Å²) in [5, 5.41) is 18.7. The summed E-state index contributed by atoms with van der Waals surface area (Å²) >= 11 is 0. The Kier molecular flexibility index (Phi) is 14.9. The van der Waals surface area contributed by atoms with Crippen LogP contribution in [0.15, 0.2) is 12.1 Å². The second-order valence-corrected chi connectivity index (χ2v) is 8.19. The standard InChI is InChI=1S/C24H44N2O2/c1-2-3-4-5-6-7-8-9-10-11-12-13-14-15-16-22-17-18-23(25)24(26-22)21(19-27)20-28/h17-18,21,27-28H,2-16,19-20,25H2,1H3. The monoisotopic (exact) mass is 392 g/mol. The van der Waals surface area contributed by atoms with Gasteiger partial charge in [-0.2, -0.15) is 0 Å². The number of hydrogen-bond donors (Lipinski definition) is 3. The molecule has 1 heterocycles. The zero-order chi connectivity index (χ0) is 20.5. The van der Waals surface area contributed by atoms with Crippen molar-refractivity contribution < 1.29 is 10.2 Å². The lowest BCUT2D eigenvalue weighted by atomic mass is 10.0. The van der Waals surface area contributed by atoms with Gasteiger partial charge in [-0.05, 0) is 25.0 Å². The van der Waals surface area contributed by atoms with Gasteiger partial charge in [0, 0.05) is 11.6 Å². The van der Waals surface area contributed by atoms with E-state index in [2.05, 4.69) is 11.9 Å². The van der Waals surface area contributed by atoms with E-state index in [1.807, 2.05) is 12.1 Å². The number of pyridine rings is 1. The summed E-state index contributed by atoms with van der Waals surface area (Å²) in [5.41, 5.74) is 8.13. The summed E-state index contributed by atoms with van der Waals surface area (Å²) < 4.78 is 0. The number of nitrogens with zero attached hydrogens (tertiary/aromatic N) is 1. The highest BCUT2D eigenvalue weighted by atomic mass is 16.3. The van der Waals surface area contributed by atoms with E-state index >= 15 is 0 Å². The van der Waals surface area contributed by atoms with Crippen molar-refractivity contribution in [1.82, 2.24) is 4.98 Å².